The predicted octanol–water partition coefficient (Wildman–Crippen LogP) is 6.28. The number of hydrogen-bond acceptors (Lipinski definition) is 5. The summed E-state index contributed by atoms with van der Waals surface area (Å²) in [6.45, 7) is 10.9. The maximum Gasteiger partial charge on any atom is 0.410 e. The second-order valence-corrected chi connectivity index (χ2v) is 10.4. The monoisotopic (exact) mass is 487 g/mol. The lowest BCUT2D eigenvalue weighted by molar-refractivity contribution is 0.0210. The van der Waals surface area contributed by atoms with Crippen molar-refractivity contribution in [1.82, 2.24) is 19.4 Å². The van der Waals surface area contributed by atoms with E-state index in [4.69, 9.17) is 16.3 Å². The average molecular weight is 488 g/mol. The number of carbonyl (C=O) groups is 1. The van der Waals surface area contributed by atoms with Gasteiger partial charge in [0.1, 0.15) is 16.9 Å². The fourth-order valence-electron chi connectivity index (χ4n) is 4.14. The maximum absolute atomic E-state index is 14.8. The number of carbonyl (C=O) groups excluding carboxylic acids is 1. The minimum atomic E-state index is -0.509. The Kier molecular flexibility index (Phi) is 6.71. The standard InChI is InChI=1S/C25H31ClFN5O2/c1-15(2)32-14-29-23-20(27)10-16(11-21(23)32)18-12-22(28-13-19(18)26)30-17-6-8-31(9-7-17)24(33)34-25(3,4)5/h10-15,17H,6-9H2,1-5H3,(H,28,30). The third kappa shape index (κ3) is 5.27. The highest BCUT2D eigenvalue weighted by atomic mass is 35.5. The number of nitrogens with zero attached hydrogens (tertiary/aromatic N) is 4. The molecule has 0 spiro atoms. The maximum atomic E-state index is 14.8. The Hall–Kier alpha value is -2.87. The number of likely N-dealkylation sites (tertiary alicyclic amines) is 1. The van der Waals surface area contributed by atoms with Crippen LogP contribution in [0.25, 0.3) is 22.2 Å². The van der Waals surface area contributed by atoms with Gasteiger partial charge in [-0.2, -0.15) is 0 Å². The van der Waals surface area contributed by atoms with Crippen molar-refractivity contribution in [2.24, 2.45) is 0 Å². The predicted molar refractivity (Wildman–Crippen MR) is 133 cm³/mol. The molecule has 3 heterocycles. The van der Waals surface area contributed by atoms with Crippen LogP contribution in [-0.2, 0) is 4.74 Å². The summed E-state index contributed by atoms with van der Waals surface area (Å²) in [5, 5.41) is 3.89. The van der Waals surface area contributed by atoms with Crippen molar-refractivity contribution < 1.29 is 13.9 Å². The van der Waals surface area contributed by atoms with Crippen LogP contribution >= 0.6 is 11.6 Å². The van der Waals surface area contributed by atoms with Crippen molar-refractivity contribution in [3.05, 3.63) is 41.6 Å². The van der Waals surface area contributed by atoms with Crippen LogP contribution in [0.4, 0.5) is 15.0 Å². The van der Waals surface area contributed by atoms with Crippen LogP contribution in [0.15, 0.2) is 30.7 Å². The van der Waals surface area contributed by atoms with Crippen LogP contribution in [0.2, 0.25) is 5.02 Å². The van der Waals surface area contributed by atoms with Crippen LogP contribution in [0.1, 0.15) is 53.5 Å². The highest BCUT2D eigenvalue weighted by Gasteiger charge is 2.27. The van der Waals surface area contributed by atoms with Gasteiger partial charge in [-0.15, -0.1) is 0 Å². The highest BCUT2D eigenvalue weighted by Crippen LogP contribution is 2.33. The molecule has 0 radical (unpaired) electrons. The SMILES string of the molecule is CC(C)n1cnc2c(F)cc(-c3cc(NC4CCN(C(=O)OC(C)(C)C)CC4)ncc3Cl)cc21. The van der Waals surface area contributed by atoms with Crippen LogP contribution in [0, 0.1) is 5.82 Å². The molecule has 4 rings (SSSR count). The summed E-state index contributed by atoms with van der Waals surface area (Å²) in [4.78, 5) is 22.7. The van der Waals surface area contributed by atoms with Crippen molar-refractivity contribution in [2.75, 3.05) is 18.4 Å². The molecule has 0 unspecified atom stereocenters. The quantitative estimate of drug-likeness (QED) is 0.468. The molecule has 2 aromatic heterocycles. The third-order valence-corrected chi connectivity index (χ3v) is 6.16. The number of aromatic nitrogens is 3. The van der Waals surface area contributed by atoms with E-state index in [1.165, 1.54) is 6.07 Å². The van der Waals surface area contributed by atoms with Crippen LogP contribution in [0.5, 0.6) is 0 Å². The molecule has 34 heavy (non-hydrogen) atoms. The number of imidazole rings is 1. The van der Waals surface area contributed by atoms with E-state index in [1.54, 1.807) is 17.4 Å². The first-order valence-electron chi connectivity index (χ1n) is 11.6. The van der Waals surface area contributed by atoms with Gasteiger partial charge in [0.2, 0.25) is 0 Å². The number of piperidine rings is 1. The van der Waals surface area contributed by atoms with Gasteiger partial charge in [-0.05, 0) is 71.2 Å². The summed E-state index contributed by atoms with van der Waals surface area (Å²) in [5.74, 6) is 0.275. The molecule has 0 aliphatic carbocycles. The second-order valence-electron chi connectivity index (χ2n) is 10.0. The minimum absolute atomic E-state index is 0.149. The lowest BCUT2D eigenvalue weighted by Crippen LogP contribution is -2.44. The lowest BCUT2D eigenvalue weighted by atomic mass is 10.0. The second kappa shape index (κ2) is 9.41. The van der Waals surface area contributed by atoms with Gasteiger partial charge >= 0.3 is 6.09 Å². The fourth-order valence-corrected chi connectivity index (χ4v) is 4.35. The Balaban J connectivity index is 1.51. The van der Waals surface area contributed by atoms with E-state index in [-0.39, 0.29) is 24.0 Å². The molecular weight excluding hydrogens is 457 g/mol. The number of fused-ring (bicyclic) bond motifs is 1. The molecule has 1 saturated heterocycles. The van der Waals surface area contributed by atoms with Crippen molar-refractivity contribution in [3.8, 4) is 11.1 Å². The van der Waals surface area contributed by atoms with Crippen LogP contribution in [-0.4, -0.2) is 50.3 Å². The zero-order valence-corrected chi connectivity index (χ0v) is 21.0. The van der Waals surface area contributed by atoms with Crippen molar-refractivity contribution >= 4 is 34.5 Å². The summed E-state index contributed by atoms with van der Waals surface area (Å²) in [6, 6.07) is 5.53. The van der Waals surface area contributed by atoms with E-state index in [9.17, 15) is 9.18 Å². The fraction of sp³-hybridized carbons (Fsp3) is 0.480. The molecule has 0 atom stereocenters. The smallest absolute Gasteiger partial charge is 0.410 e. The van der Waals surface area contributed by atoms with Gasteiger partial charge in [0.25, 0.3) is 0 Å². The van der Waals surface area contributed by atoms with Crippen LogP contribution in [0.3, 0.4) is 0 Å². The first kappa shape index (κ1) is 24.3. The van der Waals surface area contributed by atoms with Gasteiger partial charge in [0, 0.05) is 36.9 Å². The van der Waals surface area contributed by atoms with Crippen molar-refractivity contribution in [1.29, 1.82) is 0 Å². The third-order valence-electron chi connectivity index (χ3n) is 5.85. The van der Waals surface area contributed by atoms with E-state index in [0.29, 0.717) is 40.6 Å². The summed E-state index contributed by atoms with van der Waals surface area (Å²) in [5.41, 5.74) is 1.93. The number of rotatable bonds is 4. The Labute approximate surface area is 204 Å². The molecule has 0 saturated carbocycles. The molecule has 3 aromatic rings. The molecule has 0 bridgehead atoms. The summed E-state index contributed by atoms with van der Waals surface area (Å²) >= 11 is 6.47. The largest absolute Gasteiger partial charge is 0.444 e. The lowest BCUT2D eigenvalue weighted by Gasteiger charge is -2.34. The molecule has 1 aliphatic heterocycles. The zero-order chi connectivity index (χ0) is 24.6. The Morgan fingerprint density at radius 1 is 1.21 bits per heavy atom. The average Bonchev–Trinajstić information content (AvgIpc) is 3.19. The molecule has 7 nitrogen and oxygen atoms in total. The molecule has 1 N–H and O–H groups in total. The number of hydrogen-bond donors (Lipinski definition) is 1. The minimum Gasteiger partial charge on any atom is -0.444 e. The van der Waals surface area contributed by atoms with E-state index >= 15 is 0 Å². The summed E-state index contributed by atoms with van der Waals surface area (Å²) in [7, 11) is 0. The highest BCUT2D eigenvalue weighted by molar-refractivity contribution is 6.33. The van der Waals surface area contributed by atoms with E-state index in [2.05, 4.69) is 15.3 Å². The Bertz CT molecular complexity index is 1200. The van der Waals surface area contributed by atoms with Gasteiger partial charge in [-0.3, -0.25) is 0 Å². The number of benzene rings is 1. The molecule has 182 valence electrons. The summed E-state index contributed by atoms with van der Waals surface area (Å²) in [6.07, 6.45) is 4.50. The normalized spacial score (nSPS) is 15.2. The number of halogens is 2. The van der Waals surface area contributed by atoms with Crippen LogP contribution < -0.4 is 5.32 Å². The topological polar surface area (TPSA) is 72.3 Å². The molecule has 1 aromatic carbocycles. The molecule has 1 amide bonds. The zero-order valence-electron chi connectivity index (χ0n) is 20.2. The molecule has 1 fully saturated rings. The number of nitrogens with one attached hydrogen (secondary N) is 1. The van der Waals surface area contributed by atoms with Gasteiger partial charge in [0.15, 0.2) is 5.82 Å². The number of ether oxygens (including phenoxy) is 1. The van der Waals surface area contributed by atoms with Gasteiger partial charge in [-0.1, -0.05) is 11.6 Å². The first-order valence-corrected chi connectivity index (χ1v) is 12.0. The molecule has 9 heteroatoms. The first-order chi connectivity index (χ1) is 16.0. The number of pyridine rings is 1. The molecule has 1 aliphatic rings. The summed E-state index contributed by atoms with van der Waals surface area (Å²) < 4.78 is 22.2. The number of amides is 1. The van der Waals surface area contributed by atoms with E-state index in [0.717, 1.165) is 18.4 Å². The van der Waals surface area contributed by atoms with Gasteiger partial charge in [-0.25, -0.2) is 19.2 Å². The van der Waals surface area contributed by atoms with Crippen molar-refractivity contribution in [2.45, 2.75) is 65.1 Å². The van der Waals surface area contributed by atoms with Gasteiger partial charge in [0.05, 0.1) is 16.9 Å². The van der Waals surface area contributed by atoms with Crippen molar-refractivity contribution in [3.63, 3.8) is 0 Å². The Morgan fingerprint density at radius 2 is 1.91 bits per heavy atom. The number of anilines is 1. The molecular formula is C25H31ClFN5O2. The van der Waals surface area contributed by atoms with Gasteiger partial charge < -0.3 is 19.5 Å². The Morgan fingerprint density at radius 3 is 2.56 bits per heavy atom. The van der Waals surface area contributed by atoms with E-state index in [1.807, 2.05) is 51.3 Å². The van der Waals surface area contributed by atoms with E-state index < -0.39 is 5.60 Å².